The summed E-state index contributed by atoms with van der Waals surface area (Å²) in [6.07, 6.45) is 1.51. The van der Waals surface area contributed by atoms with Gasteiger partial charge in [0.1, 0.15) is 11.4 Å². The Bertz CT molecular complexity index is 1050. The fourth-order valence-corrected chi connectivity index (χ4v) is 3.30. The average molecular weight is 323 g/mol. The molecule has 0 unspecified atom stereocenters. The van der Waals surface area contributed by atoms with Crippen molar-refractivity contribution in [2.24, 2.45) is 0 Å². The van der Waals surface area contributed by atoms with Gasteiger partial charge in [0.15, 0.2) is 0 Å². The van der Waals surface area contributed by atoms with Gasteiger partial charge < -0.3 is 9.30 Å². The molecule has 1 aliphatic rings. The number of ether oxygens (including phenoxy) is 1. The Morgan fingerprint density at radius 1 is 1.25 bits per heavy atom. The number of carbonyl (C=O) groups excluding carboxylic acids is 1. The van der Waals surface area contributed by atoms with Gasteiger partial charge in [-0.25, -0.2) is 9.18 Å². The number of esters is 1. The third kappa shape index (κ3) is 2.05. The number of benzene rings is 2. The predicted octanol–water partition coefficient (Wildman–Crippen LogP) is 3.35. The van der Waals surface area contributed by atoms with Gasteiger partial charge in [0.05, 0.1) is 12.1 Å². The molecule has 2 heterocycles. The van der Waals surface area contributed by atoms with Gasteiger partial charge in [-0.2, -0.15) is 0 Å². The van der Waals surface area contributed by atoms with Gasteiger partial charge in [-0.3, -0.25) is 4.79 Å². The smallest absolute Gasteiger partial charge is 0.343 e. The zero-order valence-corrected chi connectivity index (χ0v) is 13.0. The van der Waals surface area contributed by atoms with Crippen LogP contribution in [0, 0.1) is 5.82 Å². The quantitative estimate of drug-likeness (QED) is 0.532. The van der Waals surface area contributed by atoms with Crippen LogP contribution in [0.4, 0.5) is 4.39 Å². The molecular weight excluding hydrogens is 309 g/mol. The third-order valence-corrected chi connectivity index (χ3v) is 4.29. The molecule has 0 fully saturated rings. The third-order valence-electron chi connectivity index (χ3n) is 4.29. The normalized spacial score (nSPS) is 12.1. The van der Waals surface area contributed by atoms with E-state index >= 15 is 0 Å². The molecule has 3 aromatic rings. The lowest BCUT2D eigenvalue weighted by molar-refractivity contribution is 0.0524. The van der Waals surface area contributed by atoms with E-state index in [4.69, 9.17) is 4.74 Å². The molecule has 1 aromatic heterocycles. The molecule has 0 saturated carbocycles. The van der Waals surface area contributed by atoms with Crippen LogP contribution in [0.3, 0.4) is 0 Å². The molecule has 24 heavy (non-hydrogen) atoms. The Morgan fingerprint density at radius 2 is 2.08 bits per heavy atom. The summed E-state index contributed by atoms with van der Waals surface area (Å²) in [5.74, 6) is -0.945. The summed E-state index contributed by atoms with van der Waals surface area (Å²) in [5, 5.41) is 0.466. The minimum absolute atomic E-state index is 0.00125. The van der Waals surface area contributed by atoms with Crippen LogP contribution in [0.25, 0.3) is 22.0 Å². The van der Waals surface area contributed by atoms with Crippen molar-refractivity contribution in [1.82, 2.24) is 4.57 Å². The molecule has 4 nitrogen and oxygen atoms in total. The van der Waals surface area contributed by atoms with E-state index in [2.05, 4.69) is 0 Å². The second-order valence-corrected chi connectivity index (χ2v) is 5.72. The summed E-state index contributed by atoms with van der Waals surface area (Å²) in [7, 11) is 0. The number of aromatic nitrogens is 1. The van der Waals surface area contributed by atoms with Crippen molar-refractivity contribution >= 4 is 16.9 Å². The van der Waals surface area contributed by atoms with Crippen LogP contribution in [0.5, 0.6) is 0 Å². The van der Waals surface area contributed by atoms with Gasteiger partial charge in [-0.15, -0.1) is 0 Å². The molecule has 0 spiro atoms. The van der Waals surface area contributed by atoms with Gasteiger partial charge in [-0.05, 0) is 36.2 Å². The van der Waals surface area contributed by atoms with E-state index in [0.717, 1.165) is 22.2 Å². The topological polar surface area (TPSA) is 48.3 Å². The number of para-hydroxylation sites is 1. The standard InChI is InChI=1S/C19H14FNO3/c1-2-24-19(23)16-10-21-9-11-8-12(20)6-7-13(11)14-4-3-5-15(17(14)21)18(16)22/h3-8,10H,2,9H2,1H3. The summed E-state index contributed by atoms with van der Waals surface area (Å²) in [4.78, 5) is 24.8. The van der Waals surface area contributed by atoms with E-state index in [1.807, 2.05) is 10.6 Å². The molecule has 0 aliphatic carbocycles. The number of rotatable bonds is 2. The predicted molar refractivity (Wildman–Crippen MR) is 88.7 cm³/mol. The van der Waals surface area contributed by atoms with Gasteiger partial charge in [0.2, 0.25) is 5.43 Å². The monoisotopic (exact) mass is 323 g/mol. The van der Waals surface area contributed by atoms with Crippen LogP contribution < -0.4 is 5.43 Å². The fourth-order valence-electron chi connectivity index (χ4n) is 3.30. The lowest BCUT2D eigenvalue weighted by Crippen LogP contribution is -2.23. The first-order valence-electron chi connectivity index (χ1n) is 7.72. The Balaban J connectivity index is 2.06. The first-order valence-corrected chi connectivity index (χ1v) is 7.72. The van der Waals surface area contributed by atoms with Crippen LogP contribution in [0.1, 0.15) is 22.8 Å². The van der Waals surface area contributed by atoms with Crippen molar-refractivity contribution in [2.75, 3.05) is 6.61 Å². The number of hydrogen-bond donors (Lipinski definition) is 0. The van der Waals surface area contributed by atoms with Crippen LogP contribution >= 0.6 is 0 Å². The molecule has 0 amide bonds. The van der Waals surface area contributed by atoms with E-state index in [0.29, 0.717) is 11.9 Å². The lowest BCUT2D eigenvalue weighted by atomic mass is 9.93. The zero-order chi connectivity index (χ0) is 16.8. The Labute approximate surface area is 137 Å². The van der Waals surface area contributed by atoms with E-state index in [-0.39, 0.29) is 23.4 Å². The highest BCUT2D eigenvalue weighted by atomic mass is 19.1. The van der Waals surface area contributed by atoms with Gasteiger partial charge >= 0.3 is 5.97 Å². The summed E-state index contributed by atoms with van der Waals surface area (Å²) < 4.78 is 20.4. The van der Waals surface area contributed by atoms with Crippen molar-refractivity contribution < 1.29 is 13.9 Å². The van der Waals surface area contributed by atoms with Crippen LogP contribution in [-0.2, 0) is 11.3 Å². The minimum atomic E-state index is -0.636. The van der Waals surface area contributed by atoms with Gasteiger partial charge in [0, 0.05) is 23.7 Å². The second-order valence-electron chi connectivity index (χ2n) is 5.72. The van der Waals surface area contributed by atoms with Crippen molar-refractivity contribution in [2.45, 2.75) is 13.5 Å². The highest BCUT2D eigenvalue weighted by Gasteiger charge is 2.23. The van der Waals surface area contributed by atoms with Crippen LogP contribution in [-0.4, -0.2) is 17.1 Å². The molecular formula is C19H14FNO3. The van der Waals surface area contributed by atoms with Crippen molar-refractivity contribution in [1.29, 1.82) is 0 Å². The van der Waals surface area contributed by atoms with Crippen molar-refractivity contribution in [3.8, 4) is 11.1 Å². The number of fused-ring (bicyclic) bond motifs is 2. The molecule has 0 bridgehead atoms. The maximum absolute atomic E-state index is 13.6. The lowest BCUT2D eigenvalue weighted by Gasteiger charge is -2.23. The molecule has 5 heteroatoms. The molecule has 120 valence electrons. The molecule has 0 atom stereocenters. The summed E-state index contributed by atoms with van der Waals surface area (Å²) in [6.45, 7) is 2.29. The van der Waals surface area contributed by atoms with E-state index in [1.165, 1.54) is 18.3 Å². The van der Waals surface area contributed by atoms with E-state index in [9.17, 15) is 14.0 Å². The first kappa shape index (κ1) is 14.6. The highest BCUT2D eigenvalue weighted by Crippen LogP contribution is 2.35. The highest BCUT2D eigenvalue weighted by molar-refractivity contribution is 6.00. The van der Waals surface area contributed by atoms with E-state index < -0.39 is 5.97 Å². The summed E-state index contributed by atoms with van der Waals surface area (Å²) in [6, 6.07) is 10.0. The minimum Gasteiger partial charge on any atom is -0.462 e. The maximum atomic E-state index is 13.6. The van der Waals surface area contributed by atoms with Crippen LogP contribution in [0.2, 0.25) is 0 Å². The Morgan fingerprint density at radius 3 is 2.88 bits per heavy atom. The number of carbonyl (C=O) groups is 1. The molecule has 0 N–H and O–H groups in total. The SMILES string of the molecule is CCOC(=O)c1cn2c3c(cccc3c1=O)-c1ccc(F)cc1C2. The Hall–Kier alpha value is -2.95. The Kier molecular flexibility index (Phi) is 3.23. The van der Waals surface area contributed by atoms with Crippen LogP contribution in [0.15, 0.2) is 47.4 Å². The molecule has 4 rings (SSSR count). The van der Waals surface area contributed by atoms with Gasteiger partial charge in [0.25, 0.3) is 0 Å². The number of halogens is 1. The van der Waals surface area contributed by atoms with Crippen molar-refractivity contribution in [3.63, 3.8) is 0 Å². The summed E-state index contributed by atoms with van der Waals surface area (Å²) >= 11 is 0. The number of pyridine rings is 1. The molecule has 0 radical (unpaired) electrons. The zero-order valence-electron chi connectivity index (χ0n) is 13.0. The summed E-state index contributed by atoms with van der Waals surface area (Å²) in [5.41, 5.74) is 3.00. The molecule has 2 aromatic carbocycles. The molecule has 0 saturated heterocycles. The van der Waals surface area contributed by atoms with Gasteiger partial charge in [-0.1, -0.05) is 18.2 Å². The first-order chi connectivity index (χ1) is 11.6. The fraction of sp³-hybridized carbons (Fsp3) is 0.158. The number of nitrogens with zero attached hydrogens (tertiary/aromatic N) is 1. The van der Waals surface area contributed by atoms with Crippen molar-refractivity contribution in [3.05, 3.63) is 69.8 Å². The largest absolute Gasteiger partial charge is 0.462 e. The average Bonchev–Trinajstić information content (AvgIpc) is 2.57. The second kappa shape index (κ2) is 5.30. The maximum Gasteiger partial charge on any atom is 0.343 e. The van der Waals surface area contributed by atoms with E-state index in [1.54, 1.807) is 25.1 Å². The molecule has 1 aliphatic heterocycles. The number of hydrogen-bond acceptors (Lipinski definition) is 3.